The molecule has 0 unspecified atom stereocenters. The number of amides is 1. The van der Waals surface area contributed by atoms with Crippen LogP contribution in [-0.4, -0.2) is 66.6 Å². The van der Waals surface area contributed by atoms with Crippen molar-refractivity contribution in [1.29, 1.82) is 0 Å². The topological polar surface area (TPSA) is 91.8 Å². The highest BCUT2D eigenvalue weighted by Crippen LogP contribution is 2.07. The number of aromatic nitrogens is 1. The summed E-state index contributed by atoms with van der Waals surface area (Å²) in [5.41, 5.74) is 1.57. The Morgan fingerprint density at radius 3 is 2.81 bits per heavy atom. The smallest absolute Gasteiger partial charge is 0.246 e. The summed E-state index contributed by atoms with van der Waals surface area (Å²) in [5.74, 6) is -0.0995. The molecular formula is C24H29N3O4. The highest BCUT2D eigenvalue weighted by atomic mass is 16.5. The molecule has 31 heavy (non-hydrogen) atoms. The zero-order valence-electron chi connectivity index (χ0n) is 17.8. The second-order valence-electron chi connectivity index (χ2n) is 7.49. The fourth-order valence-corrected chi connectivity index (χ4v) is 3.44. The summed E-state index contributed by atoms with van der Waals surface area (Å²) in [6, 6.07) is 3.57. The number of hydrogen-bond donors (Lipinski definition) is 2. The second kappa shape index (κ2) is 11.4. The maximum absolute atomic E-state index is 12.2. The van der Waals surface area contributed by atoms with Gasteiger partial charge in [-0.15, -0.1) is 0 Å². The van der Waals surface area contributed by atoms with Gasteiger partial charge in [0.1, 0.15) is 5.76 Å². The van der Waals surface area contributed by atoms with Crippen LogP contribution < -0.4 is 15.9 Å². The highest BCUT2D eigenvalue weighted by molar-refractivity contribution is 6.05. The van der Waals surface area contributed by atoms with Crippen LogP contribution in [0.2, 0.25) is 0 Å². The number of aliphatic hydroxyl groups is 1. The molecule has 2 heterocycles. The first-order chi connectivity index (χ1) is 15.1. The Hall–Kier alpha value is -3.03. The number of carbonyl (C=O) groups is 2. The monoisotopic (exact) mass is 423 g/mol. The minimum atomic E-state index is -0.0927. The Kier molecular flexibility index (Phi) is 8.32. The second-order valence-corrected chi connectivity index (χ2v) is 7.49. The van der Waals surface area contributed by atoms with E-state index >= 15 is 0 Å². The van der Waals surface area contributed by atoms with E-state index in [9.17, 15) is 14.7 Å². The van der Waals surface area contributed by atoms with Gasteiger partial charge in [0.15, 0.2) is 6.29 Å². The molecule has 0 bridgehead atoms. The Bertz CT molecular complexity index is 1020. The lowest BCUT2D eigenvalue weighted by atomic mass is 10.1. The Morgan fingerprint density at radius 2 is 2.03 bits per heavy atom. The van der Waals surface area contributed by atoms with Gasteiger partial charge in [-0.25, -0.2) is 4.98 Å². The molecule has 1 aliphatic heterocycles. The molecule has 1 aromatic heterocycles. The standard InChI is InChI=1S/C24H29N3O4/c1-18(24(30)25-11-12-27-13-15-31-16-14-27)5-4-6-19-9-10-20-21(17-28)23(29)8-3-2-7-22(20)26-19/h4-10,17,29H,2-3,11-16H2,1H3,(H,25,30)/b6-4+,18-5+,21-20+,22-7?,23-8+. The third-order valence-electron chi connectivity index (χ3n) is 5.26. The number of hydrogen-bond acceptors (Lipinski definition) is 6. The van der Waals surface area contributed by atoms with E-state index in [1.54, 1.807) is 37.3 Å². The lowest BCUT2D eigenvalue weighted by Crippen LogP contribution is -2.41. The van der Waals surface area contributed by atoms with Gasteiger partial charge in [-0.3, -0.25) is 14.5 Å². The number of carbonyl (C=O) groups excluding carboxylic acids is 2. The molecule has 2 N–H and O–H groups in total. The van der Waals surface area contributed by atoms with Gasteiger partial charge in [-0.05, 0) is 44.1 Å². The molecule has 164 valence electrons. The average Bonchev–Trinajstić information content (AvgIpc) is 2.77. The van der Waals surface area contributed by atoms with Crippen LogP contribution in [0.1, 0.15) is 25.5 Å². The quantitative estimate of drug-likeness (QED) is 0.384. The van der Waals surface area contributed by atoms with E-state index < -0.39 is 0 Å². The third kappa shape index (κ3) is 6.47. The van der Waals surface area contributed by atoms with Crippen molar-refractivity contribution in [2.45, 2.75) is 19.8 Å². The van der Waals surface area contributed by atoms with Gasteiger partial charge in [0.25, 0.3) is 0 Å². The number of nitrogens with zero attached hydrogens (tertiary/aromatic N) is 2. The van der Waals surface area contributed by atoms with Crippen molar-refractivity contribution < 1.29 is 19.4 Å². The number of nitrogens with one attached hydrogen (secondary N) is 1. The van der Waals surface area contributed by atoms with E-state index in [1.165, 1.54) is 0 Å². The number of pyridine rings is 1. The molecule has 0 radical (unpaired) electrons. The lowest BCUT2D eigenvalue weighted by Gasteiger charge is -2.26. The van der Waals surface area contributed by atoms with Gasteiger partial charge in [-0.1, -0.05) is 18.2 Å². The van der Waals surface area contributed by atoms with E-state index in [0.29, 0.717) is 41.1 Å². The Morgan fingerprint density at radius 1 is 1.26 bits per heavy atom. The van der Waals surface area contributed by atoms with E-state index in [4.69, 9.17) is 4.74 Å². The lowest BCUT2D eigenvalue weighted by molar-refractivity contribution is -0.117. The van der Waals surface area contributed by atoms with Crippen molar-refractivity contribution in [3.05, 3.63) is 58.0 Å². The third-order valence-corrected chi connectivity index (χ3v) is 5.26. The van der Waals surface area contributed by atoms with Crippen LogP contribution in [0.25, 0.3) is 17.7 Å². The fraction of sp³-hybridized carbons (Fsp3) is 0.375. The van der Waals surface area contributed by atoms with Gasteiger partial charge in [0.2, 0.25) is 5.91 Å². The summed E-state index contributed by atoms with van der Waals surface area (Å²) in [7, 11) is 0. The van der Waals surface area contributed by atoms with E-state index in [1.807, 2.05) is 12.2 Å². The number of ether oxygens (including phenoxy) is 1. The first-order valence-electron chi connectivity index (χ1n) is 10.6. The molecule has 0 spiro atoms. The van der Waals surface area contributed by atoms with Crippen LogP contribution in [-0.2, 0) is 14.3 Å². The van der Waals surface area contributed by atoms with Crippen LogP contribution >= 0.6 is 0 Å². The number of rotatable bonds is 7. The Labute approximate surface area is 182 Å². The highest BCUT2D eigenvalue weighted by Gasteiger charge is 2.10. The van der Waals surface area contributed by atoms with Crippen molar-refractivity contribution in [3.63, 3.8) is 0 Å². The van der Waals surface area contributed by atoms with Crippen LogP contribution in [0.4, 0.5) is 0 Å². The maximum atomic E-state index is 12.2. The largest absolute Gasteiger partial charge is 0.508 e. The van der Waals surface area contributed by atoms with Crippen molar-refractivity contribution in [2.75, 3.05) is 39.4 Å². The van der Waals surface area contributed by atoms with Crippen molar-refractivity contribution in [2.24, 2.45) is 0 Å². The minimum Gasteiger partial charge on any atom is -0.508 e. The van der Waals surface area contributed by atoms with Crippen LogP contribution in [0, 0.1) is 0 Å². The molecule has 0 atom stereocenters. The minimum absolute atomic E-state index is 0.00682. The van der Waals surface area contributed by atoms with Crippen LogP contribution in [0.15, 0.2) is 41.7 Å². The van der Waals surface area contributed by atoms with Gasteiger partial charge in [0, 0.05) is 37.0 Å². The summed E-state index contributed by atoms with van der Waals surface area (Å²) < 4.78 is 5.32. The molecule has 1 amide bonds. The van der Waals surface area contributed by atoms with E-state index in [-0.39, 0.29) is 17.2 Å². The van der Waals surface area contributed by atoms with Crippen molar-refractivity contribution in [3.8, 4) is 0 Å². The molecule has 0 saturated carbocycles. The van der Waals surface area contributed by atoms with Crippen molar-refractivity contribution in [1.82, 2.24) is 15.2 Å². The molecule has 7 heteroatoms. The zero-order valence-corrected chi connectivity index (χ0v) is 17.8. The number of morpholine rings is 1. The Balaban J connectivity index is 1.63. The first kappa shape index (κ1) is 22.7. The van der Waals surface area contributed by atoms with Crippen LogP contribution in [0.3, 0.4) is 0 Å². The maximum Gasteiger partial charge on any atom is 0.246 e. The predicted molar refractivity (Wildman–Crippen MR) is 120 cm³/mol. The number of allylic oxidation sites excluding steroid dienone is 4. The normalized spacial score (nSPS) is 21.3. The van der Waals surface area contributed by atoms with Gasteiger partial charge in [0.05, 0.1) is 29.8 Å². The SMILES string of the molecule is C/C(=C\C=C\c1cc\c2c(n1)=CCC/C=C(O)\C=2C=O)C(=O)NCCN1CCOCC1. The fourth-order valence-electron chi connectivity index (χ4n) is 3.44. The zero-order chi connectivity index (χ0) is 22.1. The van der Waals surface area contributed by atoms with Crippen LogP contribution in [0.5, 0.6) is 0 Å². The predicted octanol–water partition coefficient (Wildman–Crippen LogP) is 0.855. The molecule has 0 aromatic carbocycles. The summed E-state index contributed by atoms with van der Waals surface area (Å²) >= 11 is 0. The van der Waals surface area contributed by atoms with E-state index in [0.717, 1.165) is 39.3 Å². The number of aldehydes is 1. The molecule has 1 aliphatic carbocycles. The molecule has 1 aromatic rings. The molecule has 1 fully saturated rings. The molecular weight excluding hydrogens is 394 g/mol. The molecule has 2 aliphatic rings. The van der Waals surface area contributed by atoms with E-state index in [2.05, 4.69) is 15.2 Å². The molecule has 1 saturated heterocycles. The summed E-state index contributed by atoms with van der Waals surface area (Å²) in [5, 5.41) is 14.3. The first-order valence-corrected chi connectivity index (χ1v) is 10.6. The van der Waals surface area contributed by atoms with Gasteiger partial charge in [-0.2, -0.15) is 0 Å². The summed E-state index contributed by atoms with van der Waals surface area (Å²) in [6.07, 6.45) is 11.0. The molecule has 7 nitrogen and oxygen atoms in total. The van der Waals surface area contributed by atoms with Gasteiger partial charge < -0.3 is 15.2 Å². The average molecular weight is 424 g/mol. The number of fused-ring (bicyclic) bond motifs is 1. The summed E-state index contributed by atoms with van der Waals surface area (Å²) in [4.78, 5) is 30.5. The number of aliphatic hydroxyl groups excluding tert-OH is 1. The molecule has 3 rings (SSSR count). The van der Waals surface area contributed by atoms with Crippen molar-refractivity contribution >= 4 is 29.9 Å². The van der Waals surface area contributed by atoms with Gasteiger partial charge >= 0.3 is 0 Å². The summed E-state index contributed by atoms with van der Waals surface area (Å²) in [6.45, 7) is 6.50.